The van der Waals surface area contributed by atoms with Crippen molar-refractivity contribution in [3.05, 3.63) is 0 Å². The average Bonchev–Trinajstić information content (AvgIpc) is 2.24. The molecule has 0 aromatic carbocycles. The average molecular weight is 227 g/mol. The maximum Gasteiger partial charge on any atom is 0.0420 e. The molecule has 1 fully saturated rings. The maximum atomic E-state index is 5.82. The van der Waals surface area contributed by atoms with Crippen LogP contribution in [-0.2, 0) is 0 Å². The van der Waals surface area contributed by atoms with Crippen LogP contribution in [-0.4, -0.2) is 29.6 Å². The monoisotopic (exact) mass is 227 g/mol. The summed E-state index contributed by atoms with van der Waals surface area (Å²) < 4.78 is 0. The zero-order chi connectivity index (χ0) is 12.2. The number of hydrogen-bond donors (Lipinski definition) is 2. The van der Waals surface area contributed by atoms with E-state index in [1.165, 1.54) is 19.3 Å². The van der Waals surface area contributed by atoms with E-state index in [-0.39, 0.29) is 5.54 Å². The highest BCUT2D eigenvalue weighted by molar-refractivity contribution is 5.00. The first-order chi connectivity index (χ1) is 7.63. The quantitative estimate of drug-likeness (QED) is 0.517. The molecule has 0 amide bonds. The molecule has 0 aromatic heterocycles. The van der Waals surface area contributed by atoms with Crippen LogP contribution in [0.15, 0.2) is 0 Å². The fraction of sp³-hybridized carbons (Fsp3) is 1.00. The molecular formula is C13H29N3. The van der Waals surface area contributed by atoms with Crippen molar-refractivity contribution >= 4 is 0 Å². The summed E-state index contributed by atoms with van der Waals surface area (Å²) in [5, 5.41) is 0. The standard InChI is InChI=1S/C13H29N3/c1-5-13(4,16(6-2)7-3)12(15-14)11-9-8-10-11/h11-12,15H,5-10,14H2,1-4H3. The number of rotatable bonds is 7. The molecule has 16 heavy (non-hydrogen) atoms. The fourth-order valence-electron chi connectivity index (χ4n) is 3.18. The van der Waals surface area contributed by atoms with Crippen molar-refractivity contribution in [2.45, 2.75) is 65.0 Å². The Morgan fingerprint density at radius 3 is 2.12 bits per heavy atom. The van der Waals surface area contributed by atoms with E-state index in [2.05, 4.69) is 38.0 Å². The molecular weight excluding hydrogens is 198 g/mol. The topological polar surface area (TPSA) is 41.3 Å². The van der Waals surface area contributed by atoms with Gasteiger partial charge in [0.25, 0.3) is 0 Å². The largest absolute Gasteiger partial charge is 0.297 e. The second kappa shape index (κ2) is 5.99. The van der Waals surface area contributed by atoms with Crippen LogP contribution in [0, 0.1) is 5.92 Å². The van der Waals surface area contributed by atoms with Crippen molar-refractivity contribution in [1.29, 1.82) is 0 Å². The first-order valence-corrected chi connectivity index (χ1v) is 6.85. The van der Waals surface area contributed by atoms with Crippen LogP contribution in [0.25, 0.3) is 0 Å². The Morgan fingerprint density at radius 2 is 1.88 bits per heavy atom. The van der Waals surface area contributed by atoms with Crippen LogP contribution in [0.2, 0.25) is 0 Å². The number of nitrogens with one attached hydrogen (secondary N) is 1. The number of nitrogens with zero attached hydrogens (tertiary/aromatic N) is 1. The van der Waals surface area contributed by atoms with Crippen LogP contribution >= 0.6 is 0 Å². The minimum atomic E-state index is 0.198. The van der Waals surface area contributed by atoms with E-state index < -0.39 is 0 Å². The van der Waals surface area contributed by atoms with Crippen LogP contribution in [0.5, 0.6) is 0 Å². The van der Waals surface area contributed by atoms with E-state index in [0.29, 0.717) is 6.04 Å². The van der Waals surface area contributed by atoms with Gasteiger partial charge in [0, 0.05) is 11.6 Å². The van der Waals surface area contributed by atoms with E-state index >= 15 is 0 Å². The highest BCUT2D eigenvalue weighted by atomic mass is 15.3. The van der Waals surface area contributed by atoms with E-state index in [9.17, 15) is 0 Å². The minimum absolute atomic E-state index is 0.198. The Hall–Kier alpha value is -0.120. The van der Waals surface area contributed by atoms with E-state index in [0.717, 1.165) is 25.4 Å². The molecule has 0 spiro atoms. The molecule has 3 heteroatoms. The summed E-state index contributed by atoms with van der Waals surface area (Å²) >= 11 is 0. The highest BCUT2D eigenvalue weighted by Gasteiger charge is 2.42. The third kappa shape index (κ3) is 2.41. The van der Waals surface area contributed by atoms with Gasteiger partial charge in [0.1, 0.15) is 0 Å². The van der Waals surface area contributed by atoms with Crippen LogP contribution in [0.3, 0.4) is 0 Å². The third-order valence-corrected chi connectivity index (χ3v) is 4.67. The number of nitrogens with two attached hydrogens (primary N) is 1. The Kier molecular flexibility index (Phi) is 5.22. The predicted octanol–water partition coefficient (Wildman–Crippen LogP) is 2.13. The lowest BCUT2D eigenvalue weighted by atomic mass is 9.71. The lowest BCUT2D eigenvalue weighted by Gasteiger charge is -2.50. The van der Waals surface area contributed by atoms with Gasteiger partial charge in [-0.15, -0.1) is 0 Å². The Morgan fingerprint density at radius 1 is 1.31 bits per heavy atom. The molecule has 1 rings (SSSR count). The Balaban J connectivity index is 2.81. The molecule has 0 saturated heterocycles. The SMILES string of the molecule is CCN(CC)C(C)(CC)C(NN)C1CCC1. The van der Waals surface area contributed by atoms with Gasteiger partial charge in [-0.25, -0.2) is 0 Å². The van der Waals surface area contributed by atoms with Crippen LogP contribution < -0.4 is 11.3 Å². The Labute approximate surface area is 101 Å². The molecule has 0 bridgehead atoms. The van der Waals surface area contributed by atoms with Gasteiger partial charge < -0.3 is 0 Å². The van der Waals surface area contributed by atoms with Gasteiger partial charge in [-0.1, -0.05) is 27.2 Å². The molecule has 96 valence electrons. The van der Waals surface area contributed by atoms with Crippen molar-refractivity contribution in [3.8, 4) is 0 Å². The smallest absolute Gasteiger partial charge is 0.0420 e. The number of hydrogen-bond acceptors (Lipinski definition) is 3. The van der Waals surface area contributed by atoms with Gasteiger partial charge in [0.2, 0.25) is 0 Å². The van der Waals surface area contributed by atoms with Gasteiger partial charge in [0.05, 0.1) is 0 Å². The van der Waals surface area contributed by atoms with Crippen molar-refractivity contribution in [2.75, 3.05) is 13.1 Å². The first-order valence-electron chi connectivity index (χ1n) is 6.85. The van der Waals surface area contributed by atoms with Crippen molar-refractivity contribution < 1.29 is 0 Å². The van der Waals surface area contributed by atoms with E-state index in [1.54, 1.807) is 0 Å². The molecule has 0 aliphatic heterocycles. The summed E-state index contributed by atoms with van der Waals surface area (Å²) in [6, 6.07) is 0.436. The van der Waals surface area contributed by atoms with Gasteiger partial charge >= 0.3 is 0 Å². The summed E-state index contributed by atoms with van der Waals surface area (Å²) in [4.78, 5) is 2.55. The minimum Gasteiger partial charge on any atom is -0.297 e. The van der Waals surface area contributed by atoms with E-state index in [1.807, 2.05) is 0 Å². The van der Waals surface area contributed by atoms with Crippen molar-refractivity contribution in [2.24, 2.45) is 11.8 Å². The molecule has 1 aliphatic carbocycles. The number of likely N-dealkylation sites (N-methyl/N-ethyl adjacent to an activating group) is 1. The molecule has 2 atom stereocenters. The zero-order valence-corrected chi connectivity index (χ0v) is 11.4. The second-order valence-corrected chi connectivity index (χ2v) is 5.22. The van der Waals surface area contributed by atoms with Gasteiger partial charge in [-0.3, -0.25) is 16.2 Å². The highest BCUT2D eigenvalue weighted by Crippen LogP contribution is 2.37. The molecule has 0 heterocycles. The molecule has 0 aromatic rings. The van der Waals surface area contributed by atoms with E-state index in [4.69, 9.17) is 5.84 Å². The third-order valence-electron chi connectivity index (χ3n) is 4.67. The normalized spacial score (nSPS) is 22.9. The maximum absolute atomic E-state index is 5.82. The van der Waals surface area contributed by atoms with Gasteiger partial charge in [-0.05, 0) is 45.2 Å². The van der Waals surface area contributed by atoms with Crippen molar-refractivity contribution in [1.82, 2.24) is 10.3 Å². The fourth-order valence-corrected chi connectivity index (χ4v) is 3.18. The van der Waals surface area contributed by atoms with Gasteiger partial charge in [0.15, 0.2) is 0 Å². The molecule has 0 radical (unpaired) electrons. The summed E-state index contributed by atoms with van der Waals surface area (Å²) in [6.45, 7) is 11.3. The summed E-state index contributed by atoms with van der Waals surface area (Å²) in [6.07, 6.45) is 5.21. The van der Waals surface area contributed by atoms with Gasteiger partial charge in [-0.2, -0.15) is 0 Å². The molecule has 3 nitrogen and oxygen atoms in total. The predicted molar refractivity (Wildman–Crippen MR) is 70.1 cm³/mol. The molecule has 1 aliphatic rings. The number of hydrazine groups is 1. The molecule has 1 saturated carbocycles. The van der Waals surface area contributed by atoms with Crippen molar-refractivity contribution in [3.63, 3.8) is 0 Å². The zero-order valence-electron chi connectivity index (χ0n) is 11.4. The first kappa shape index (κ1) is 13.9. The molecule has 3 N–H and O–H groups in total. The lowest BCUT2D eigenvalue weighted by molar-refractivity contribution is 0.0260. The Bertz CT molecular complexity index is 199. The van der Waals surface area contributed by atoms with Crippen LogP contribution in [0.4, 0.5) is 0 Å². The molecule has 2 unspecified atom stereocenters. The summed E-state index contributed by atoms with van der Waals surface area (Å²) in [5.74, 6) is 6.59. The summed E-state index contributed by atoms with van der Waals surface area (Å²) in [7, 11) is 0. The second-order valence-electron chi connectivity index (χ2n) is 5.22. The summed E-state index contributed by atoms with van der Waals surface area (Å²) in [5.41, 5.74) is 3.30. The van der Waals surface area contributed by atoms with Crippen LogP contribution in [0.1, 0.15) is 53.4 Å². The lowest BCUT2D eigenvalue weighted by Crippen LogP contribution is -2.64.